The number of halogens is 1. The summed E-state index contributed by atoms with van der Waals surface area (Å²) >= 11 is 5.50. The van der Waals surface area contributed by atoms with Gasteiger partial charge in [-0.3, -0.25) is 4.79 Å². The van der Waals surface area contributed by atoms with Gasteiger partial charge in [-0.15, -0.1) is 0 Å². The summed E-state index contributed by atoms with van der Waals surface area (Å²) in [5.74, 6) is -1.63. The number of hydrogen-bond donors (Lipinski definition) is 2. The Hall–Kier alpha value is -1.49. The third-order valence-electron chi connectivity index (χ3n) is 1.98. The van der Waals surface area contributed by atoms with Crippen LogP contribution in [0.3, 0.4) is 0 Å². The van der Waals surface area contributed by atoms with Crippen LogP contribution in [0, 0.1) is 0 Å². The molecule has 1 amide bonds. The van der Waals surface area contributed by atoms with Crippen molar-refractivity contribution in [2.45, 2.75) is 25.8 Å². The second-order valence-corrected chi connectivity index (χ2v) is 3.63. The molecular weight excluding hydrogens is 234 g/mol. The van der Waals surface area contributed by atoms with Crippen molar-refractivity contribution in [3.63, 3.8) is 0 Å². The van der Waals surface area contributed by atoms with Gasteiger partial charge in [0.1, 0.15) is 6.04 Å². The highest BCUT2D eigenvalue weighted by Crippen LogP contribution is 2.13. The molecule has 0 aromatic carbocycles. The highest BCUT2D eigenvalue weighted by Gasteiger charge is 2.21. The van der Waals surface area contributed by atoms with Crippen molar-refractivity contribution >= 4 is 23.5 Å². The molecule has 1 rings (SSSR count). The maximum Gasteiger partial charge on any atom is 0.326 e. The fourth-order valence-electron chi connectivity index (χ4n) is 1.21. The van der Waals surface area contributed by atoms with Crippen molar-refractivity contribution in [3.8, 4) is 0 Å². The molecule has 16 heavy (non-hydrogen) atoms. The van der Waals surface area contributed by atoms with E-state index in [0.717, 1.165) is 0 Å². The Morgan fingerprint density at radius 3 is 2.69 bits per heavy atom. The maximum absolute atomic E-state index is 11.5. The first-order chi connectivity index (χ1) is 7.54. The zero-order chi connectivity index (χ0) is 12.1. The average Bonchev–Trinajstić information content (AvgIpc) is 2.64. The van der Waals surface area contributed by atoms with E-state index in [2.05, 4.69) is 5.32 Å². The fraction of sp³-hybridized carbons (Fsp3) is 0.400. The number of carbonyl (C=O) groups excluding carboxylic acids is 1. The third kappa shape index (κ3) is 3.27. The lowest BCUT2D eigenvalue weighted by Gasteiger charge is -2.11. The second kappa shape index (κ2) is 5.55. The van der Waals surface area contributed by atoms with Crippen molar-refractivity contribution in [1.29, 1.82) is 0 Å². The van der Waals surface area contributed by atoms with E-state index in [1.807, 2.05) is 6.92 Å². The minimum absolute atomic E-state index is 0.00681. The molecule has 1 heterocycles. The molecule has 0 saturated heterocycles. The van der Waals surface area contributed by atoms with Gasteiger partial charge in [-0.1, -0.05) is 13.3 Å². The molecule has 5 nitrogen and oxygen atoms in total. The number of carbonyl (C=O) groups is 2. The van der Waals surface area contributed by atoms with E-state index >= 15 is 0 Å². The van der Waals surface area contributed by atoms with Gasteiger partial charge < -0.3 is 14.8 Å². The number of rotatable bonds is 5. The highest BCUT2D eigenvalue weighted by atomic mass is 35.5. The molecule has 0 bridgehead atoms. The molecule has 0 aliphatic heterocycles. The quantitative estimate of drug-likeness (QED) is 0.831. The largest absolute Gasteiger partial charge is 0.480 e. The Balaban J connectivity index is 2.65. The van der Waals surface area contributed by atoms with Gasteiger partial charge in [-0.05, 0) is 30.2 Å². The Labute approximate surface area is 97.4 Å². The number of amides is 1. The van der Waals surface area contributed by atoms with Crippen molar-refractivity contribution < 1.29 is 19.1 Å². The van der Waals surface area contributed by atoms with Gasteiger partial charge >= 0.3 is 5.97 Å². The average molecular weight is 246 g/mol. The standard InChI is InChI=1S/C10H12ClNO4/c1-2-3-6(10(14)15)12-9(13)7-4-5-8(11)16-7/h4-6H,2-3H2,1H3,(H,12,13)(H,14,15)/t6-/m1/s1. The van der Waals surface area contributed by atoms with Gasteiger partial charge in [0, 0.05) is 0 Å². The number of aliphatic carboxylic acids is 1. The predicted octanol–water partition coefficient (Wildman–Crippen LogP) is 1.92. The van der Waals surface area contributed by atoms with Gasteiger partial charge in [-0.2, -0.15) is 0 Å². The van der Waals surface area contributed by atoms with E-state index in [1.165, 1.54) is 12.1 Å². The van der Waals surface area contributed by atoms with Crippen LogP contribution in [0.5, 0.6) is 0 Å². The first-order valence-corrected chi connectivity index (χ1v) is 5.21. The second-order valence-electron chi connectivity index (χ2n) is 3.26. The van der Waals surface area contributed by atoms with E-state index in [9.17, 15) is 9.59 Å². The van der Waals surface area contributed by atoms with Crippen LogP contribution in [0.15, 0.2) is 16.5 Å². The van der Waals surface area contributed by atoms with Gasteiger partial charge in [0.05, 0.1) is 0 Å². The predicted molar refractivity (Wildman–Crippen MR) is 57.5 cm³/mol. The van der Waals surface area contributed by atoms with Crippen LogP contribution in [0.1, 0.15) is 30.3 Å². The van der Waals surface area contributed by atoms with Crippen LogP contribution in [0.4, 0.5) is 0 Å². The monoisotopic (exact) mass is 245 g/mol. The summed E-state index contributed by atoms with van der Waals surface area (Å²) in [6, 6.07) is 1.91. The molecule has 1 aromatic heterocycles. The third-order valence-corrected chi connectivity index (χ3v) is 2.18. The molecule has 88 valence electrons. The lowest BCUT2D eigenvalue weighted by Crippen LogP contribution is -2.40. The summed E-state index contributed by atoms with van der Waals surface area (Å²) in [7, 11) is 0. The number of furan rings is 1. The molecular formula is C10H12ClNO4. The van der Waals surface area contributed by atoms with E-state index < -0.39 is 17.9 Å². The van der Waals surface area contributed by atoms with Crippen molar-refractivity contribution in [3.05, 3.63) is 23.1 Å². The molecule has 0 spiro atoms. The number of carboxylic acids is 1. The zero-order valence-corrected chi connectivity index (χ0v) is 9.45. The molecule has 1 atom stereocenters. The molecule has 6 heteroatoms. The lowest BCUT2D eigenvalue weighted by atomic mass is 10.1. The molecule has 0 radical (unpaired) electrons. The lowest BCUT2D eigenvalue weighted by molar-refractivity contribution is -0.139. The molecule has 0 saturated carbocycles. The molecule has 0 fully saturated rings. The Kier molecular flexibility index (Phi) is 4.37. The zero-order valence-electron chi connectivity index (χ0n) is 8.70. The van der Waals surface area contributed by atoms with Crippen LogP contribution in [-0.4, -0.2) is 23.0 Å². The molecule has 0 aliphatic rings. The molecule has 2 N–H and O–H groups in total. The van der Waals surface area contributed by atoms with E-state index in [4.69, 9.17) is 21.1 Å². The summed E-state index contributed by atoms with van der Waals surface area (Å²) in [5.41, 5.74) is 0. The minimum Gasteiger partial charge on any atom is -0.480 e. The van der Waals surface area contributed by atoms with Crippen molar-refractivity contribution in [2.24, 2.45) is 0 Å². The minimum atomic E-state index is -1.06. The molecule has 1 aromatic rings. The molecule has 0 unspecified atom stereocenters. The van der Waals surface area contributed by atoms with Crippen LogP contribution in [0.2, 0.25) is 5.22 Å². The maximum atomic E-state index is 11.5. The Morgan fingerprint density at radius 2 is 2.25 bits per heavy atom. The van der Waals surface area contributed by atoms with Crippen LogP contribution < -0.4 is 5.32 Å². The topological polar surface area (TPSA) is 79.5 Å². The summed E-state index contributed by atoms with van der Waals surface area (Å²) in [5, 5.41) is 11.3. The Bertz CT molecular complexity index is 388. The van der Waals surface area contributed by atoms with Crippen LogP contribution in [-0.2, 0) is 4.79 Å². The van der Waals surface area contributed by atoms with Crippen LogP contribution in [0.25, 0.3) is 0 Å². The van der Waals surface area contributed by atoms with Gasteiger partial charge in [-0.25, -0.2) is 4.79 Å². The highest BCUT2D eigenvalue weighted by molar-refractivity contribution is 6.29. The fourth-order valence-corrected chi connectivity index (χ4v) is 1.36. The number of nitrogens with one attached hydrogen (secondary N) is 1. The summed E-state index contributed by atoms with van der Waals surface area (Å²) in [4.78, 5) is 22.3. The number of carboxylic acid groups (broad SMARTS) is 1. The van der Waals surface area contributed by atoms with E-state index in [1.54, 1.807) is 0 Å². The van der Waals surface area contributed by atoms with Gasteiger partial charge in [0.25, 0.3) is 5.91 Å². The smallest absolute Gasteiger partial charge is 0.326 e. The normalized spacial score (nSPS) is 12.1. The van der Waals surface area contributed by atoms with E-state index in [0.29, 0.717) is 12.8 Å². The number of hydrogen-bond acceptors (Lipinski definition) is 3. The van der Waals surface area contributed by atoms with Gasteiger partial charge in [0.2, 0.25) is 0 Å². The first kappa shape index (κ1) is 12.6. The molecule has 0 aliphatic carbocycles. The van der Waals surface area contributed by atoms with Crippen LogP contribution >= 0.6 is 11.6 Å². The Morgan fingerprint density at radius 1 is 1.56 bits per heavy atom. The van der Waals surface area contributed by atoms with Gasteiger partial charge in [0.15, 0.2) is 11.0 Å². The summed E-state index contributed by atoms with van der Waals surface area (Å²) < 4.78 is 4.86. The summed E-state index contributed by atoms with van der Waals surface area (Å²) in [6.07, 6.45) is 1.03. The van der Waals surface area contributed by atoms with Crippen molar-refractivity contribution in [2.75, 3.05) is 0 Å². The summed E-state index contributed by atoms with van der Waals surface area (Å²) in [6.45, 7) is 1.84. The SMILES string of the molecule is CCC[C@@H](NC(=O)c1ccc(Cl)o1)C(=O)O. The first-order valence-electron chi connectivity index (χ1n) is 4.83. The van der Waals surface area contributed by atoms with Crippen molar-refractivity contribution in [1.82, 2.24) is 5.32 Å². The van der Waals surface area contributed by atoms with E-state index in [-0.39, 0.29) is 11.0 Å².